The molecule has 0 fully saturated rings. The zero-order valence-corrected chi connectivity index (χ0v) is 13.0. The summed E-state index contributed by atoms with van der Waals surface area (Å²) in [6, 6.07) is 13.9. The Bertz CT molecular complexity index is 764. The van der Waals surface area contributed by atoms with Gasteiger partial charge >= 0.3 is 0 Å². The number of hydrogen-bond acceptors (Lipinski definition) is 4. The third kappa shape index (κ3) is 3.74. The molecule has 2 aromatic carbocycles. The van der Waals surface area contributed by atoms with Gasteiger partial charge in [0.2, 0.25) is 5.82 Å². The topological polar surface area (TPSA) is 48.2 Å². The number of aromatic nitrogens is 2. The van der Waals surface area contributed by atoms with Crippen molar-refractivity contribution in [2.24, 2.45) is 0 Å². The van der Waals surface area contributed by atoms with Gasteiger partial charge in [-0.25, -0.2) is 4.39 Å². The molecule has 0 radical (unpaired) electrons. The molecule has 0 unspecified atom stereocenters. The van der Waals surface area contributed by atoms with Crippen molar-refractivity contribution in [1.82, 2.24) is 10.1 Å². The fourth-order valence-corrected chi connectivity index (χ4v) is 2.12. The van der Waals surface area contributed by atoms with Gasteiger partial charge in [-0.2, -0.15) is 4.98 Å². The van der Waals surface area contributed by atoms with E-state index >= 15 is 0 Å². The number of benzene rings is 2. The monoisotopic (exact) mass is 312 g/mol. The molecule has 0 aliphatic rings. The van der Waals surface area contributed by atoms with Crippen molar-refractivity contribution in [1.29, 1.82) is 0 Å². The summed E-state index contributed by atoms with van der Waals surface area (Å²) in [6.07, 6.45) is 0. The van der Waals surface area contributed by atoms with Gasteiger partial charge in [0.05, 0.1) is 0 Å². The van der Waals surface area contributed by atoms with Crippen molar-refractivity contribution in [3.05, 3.63) is 65.8 Å². The Morgan fingerprint density at radius 3 is 2.39 bits per heavy atom. The van der Waals surface area contributed by atoms with Crippen LogP contribution in [0.25, 0.3) is 11.4 Å². The highest BCUT2D eigenvalue weighted by Crippen LogP contribution is 2.20. The van der Waals surface area contributed by atoms with Gasteiger partial charge in [-0.05, 0) is 47.9 Å². The fraction of sp³-hybridized carbons (Fsp3) is 0.222. The van der Waals surface area contributed by atoms with Crippen molar-refractivity contribution in [2.45, 2.75) is 26.4 Å². The summed E-state index contributed by atoms with van der Waals surface area (Å²) in [5.74, 6) is 1.72. The number of hydrogen-bond donors (Lipinski definition) is 0. The van der Waals surface area contributed by atoms with Gasteiger partial charge in [0.15, 0.2) is 6.61 Å². The number of ether oxygens (including phenoxy) is 1. The SMILES string of the molecule is CC(C)c1ccc(OCc2nc(-c3ccc(F)cc3)no2)cc1. The third-order valence-electron chi connectivity index (χ3n) is 3.48. The molecule has 5 heteroatoms. The molecule has 0 amide bonds. The van der Waals surface area contributed by atoms with Crippen molar-refractivity contribution in [3.8, 4) is 17.1 Å². The van der Waals surface area contributed by atoms with E-state index in [1.54, 1.807) is 12.1 Å². The lowest BCUT2D eigenvalue weighted by atomic mass is 10.0. The Labute approximate surface area is 133 Å². The van der Waals surface area contributed by atoms with Crippen LogP contribution in [0.1, 0.15) is 31.2 Å². The van der Waals surface area contributed by atoms with Gasteiger partial charge in [-0.15, -0.1) is 0 Å². The number of nitrogens with zero attached hydrogens (tertiary/aromatic N) is 2. The lowest BCUT2D eigenvalue weighted by Crippen LogP contribution is -1.96. The lowest BCUT2D eigenvalue weighted by molar-refractivity contribution is 0.243. The van der Waals surface area contributed by atoms with Crippen LogP contribution in [0.4, 0.5) is 4.39 Å². The maximum atomic E-state index is 12.9. The van der Waals surface area contributed by atoms with Crippen LogP contribution in [0.3, 0.4) is 0 Å². The van der Waals surface area contributed by atoms with Gasteiger partial charge in [-0.3, -0.25) is 0 Å². The summed E-state index contributed by atoms with van der Waals surface area (Å²) >= 11 is 0. The van der Waals surface area contributed by atoms with Crippen LogP contribution in [-0.2, 0) is 6.61 Å². The molecular formula is C18H17FN2O2. The van der Waals surface area contributed by atoms with E-state index in [4.69, 9.17) is 9.26 Å². The first-order chi connectivity index (χ1) is 11.1. The minimum Gasteiger partial charge on any atom is -0.484 e. The fourth-order valence-electron chi connectivity index (χ4n) is 2.12. The zero-order chi connectivity index (χ0) is 16.2. The Hall–Kier alpha value is -2.69. The molecule has 0 atom stereocenters. The van der Waals surface area contributed by atoms with Gasteiger partial charge in [-0.1, -0.05) is 31.1 Å². The molecule has 3 rings (SSSR count). The molecule has 0 spiro atoms. The van der Waals surface area contributed by atoms with E-state index in [2.05, 4.69) is 24.0 Å². The van der Waals surface area contributed by atoms with Crippen LogP contribution in [0, 0.1) is 5.82 Å². The van der Waals surface area contributed by atoms with Crippen LogP contribution in [0.2, 0.25) is 0 Å². The first-order valence-corrected chi connectivity index (χ1v) is 7.43. The highest BCUT2D eigenvalue weighted by Gasteiger charge is 2.09. The summed E-state index contributed by atoms with van der Waals surface area (Å²) < 4.78 is 23.7. The van der Waals surface area contributed by atoms with E-state index in [9.17, 15) is 4.39 Å². The van der Waals surface area contributed by atoms with E-state index in [-0.39, 0.29) is 12.4 Å². The molecule has 1 heterocycles. The molecule has 0 saturated heterocycles. The number of rotatable bonds is 5. The van der Waals surface area contributed by atoms with Crippen LogP contribution < -0.4 is 4.74 Å². The minimum atomic E-state index is -0.300. The van der Waals surface area contributed by atoms with Crippen LogP contribution in [0.5, 0.6) is 5.75 Å². The Morgan fingerprint density at radius 2 is 1.74 bits per heavy atom. The molecule has 0 saturated carbocycles. The second-order valence-electron chi connectivity index (χ2n) is 5.53. The number of halogens is 1. The quantitative estimate of drug-likeness (QED) is 0.692. The largest absolute Gasteiger partial charge is 0.484 e. The summed E-state index contributed by atoms with van der Waals surface area (Å²) in [7, 11) is 0. The van der Waals surface area contributed by atoms with E-state index in [1.165, 1.54) is 17.7 Å². The van der Waals surface area contributed by atoms with E-state index < -0.39 is 0 Å². The first kappa shape index (κ1) is 15.2. The van der Waals surface area contributed by atoms with Gasteiger partial charge in [0.1, 0.15) is 11.6 Å². The standard InChI is InChI=1S/C18H17FN2O2/c1-12(2)13-5-9-16(10-6-13)22-11-17-20-18(21-23-17)14-3-7-15(19)8-4-14/h3-10,12H,11H2,1-2H3. The van der Waals surface area contributed by atoms with Crippen LogP contribution in [0.15, 0.2) is 53.1 Å². The zero-order valence-electron chi connectivity index (χ0n) is 13.0. The van der Waals surface area contributed by atoms with E-state index in [1.807, 2.05) is 24.3 Å². The molecule has 0 aliphatic carbocycles. The minimum absolute atomic E-state index is 0.190. The molecule has 23 heavy (non-hydrogen) atoms. The predicted octanol–water partition coefficient (Wildman–Crippen LogP) is 4.58. The molecular weight excluding hydrogens is 295 g/mol. The van der Waals surface area contributed by atoms with E-state index in [0.717, 1.165) is 5.75 Å². The predicted molar refractivity (Wildman–Crippen MR) is 84.6 cm³/mol. The molecule has 0 N–H and O–H groups in total. The van der Waals surface area contributed by atoms with Gasteiger partial charge in [0, 0.05) is 5.56 Å². The molecule has 118 valence electrons. The highest BCUT2D eigenvalue weighted by molar-refractivity contribution is 5.53. The highest BCUT2D eigenvalue weighted by atomic mass is 19.1. The van der Waals surface area contributed by atoms with Crippen molar-refractivity contribution in [3.63, 3.8) is 0 Å². The third-order valence-corrected chi connectivity index (χ3v) is 3.48. The molecule has 4 nitrogen and oxygen atoms in total. The molecule has 1 aromatic heterocycles. The Morgan fingerprint density at radius 1 is 1.04 bits per heavy atom. The maximum Gasteiger partial charge on any atom is 0.264 e. The lowest BCUT2D eigenvalue weighted by Gasteiger charge is -2.07. The second-order valence-corrected chi connectivity index (χ2v) is 5.53. The average molecular weight is 312 g/mol. The van der Waals surface area contributed by atoms with E-state index in [0.29, 0.717) is 23.2 Å². The Kier molecular flexibility index (Phi) is 4.37. The Balaban J connectivity index is 1.64. The van der Waals surface area contributed by atoms with Crippen molar-refractivity contribution < 1.29 is 13.7 Å². The maximum absolute atomic E-state index is 12.9. The summed E-state index contributed by atoms with van der Waals surface area (Å²) in [5.41, 5.74) is 1.96. The molecule has 0 aliphatic heterocycles. The van der Waals surface area contributed by atoms with Gasteiger partial charge in [0.25, 0.3) is 5.89 Å². The summed E-state index contributed by atoms with van der Waals surface area (Å²) in [6.45, 7) is 4.48. The van der Waals surface area contributed by atoms with Crippen molar-refractivity contribution >= 4 is 0 Å². The molecule has 3 aromatic rings. The smallest absolute Gasteiger partial charge is 0.264 e. The molecule has 0 bridgehead atoms. The summed E-state index contributed by atoms with van der Waals surface area (Å²) in [4.78, 5) is 4.25. The van der Waals surface area contributed by atoms with Crippen molar-refractivity contribution in [2.75, 3.05) is 0 Å². The van der Waals surface area contributed by atoms with Crippen LogP contribution in [-0.4, -0.2) is 10.1 Å². The van der Waals surface area contributed by atoms with Crippen LogP contribution >= 0.6 is 0 Å². The second kappa shape index (κ2) is 6.60. The first-order valence-electron chi connectivity index (χ1n) is 7.43. The average Bonchev–Trinajstić information content (AvgIpc) is 3.03. The van der Waals surface area contributed by atoms with Gasteiger partial charge < -0.3 is 9.26 Å². The summed E-state index contributed by atoms with van der Waals surface area (Å²) in [5, 5.41) is 3.88. The normalized spacial score (nSPS) is 11.0.